The summed E-state index contributed by atoms with van der Waals surface area (Å²) in [5, 5.41) is 3.56. The van der Waals surface area contributed by atoms with Gasteiger partial charge in [0.2, 0.25) is 5.95 Å². The van der Waals surface area contributed by atoms with Gasteiger partial charge in [0.15, 0.2) is 5.82 Å². The maximum atomic E-state index is 6.01. The summed E-state index contributed by atoms with van der Waals surface area (Å²) < 4.78 is 0. The van der Waals surface area contributed by atoms with Gasteiger partial charge in [-0.1, -0.05) is 30.7 Å². The molecule has 0 atom stereocenters. The molecule has 0 saturated carbocycles. The summed E-state index contributed by atoms with van der Waals surface area (Å²) in [6, 6.07) is 8.07. The predicted octanol–water partition coefficient (Wildman–Crippen LogP) is 2.72. The third-order valence-electron chi connectivity index (χ3n) is 2.50. The van der Waals surface area contributed by atoms with Crippen molar-refractivity contribution in [2.24, 2.45) is 5.84 Å². The van der Waals surface area contributed by atoms with Gasteiger partial charge in [-0.25, -0.2) is 10.8 Å². The Morgan fingerprint density at radius 2 is 2.00 bits per heavy atom. The monoisotopic (exact) mass is 263 g/mol. The quantitative estimate of drug-likeness (QED) is 0.584. The zero-order valence-electron chi connectivity index (χ0n) is 9.94. The summed E-state index contributed by atoms with van der Waals surface area (Å²) in [7, 11) is 0. The van der Waals surface area contributed by atoms with Crippen molar-refractivity contribution in [3.8, 4) is 0 Å². The Kier molecular flexibility index (Phi) is 3.96. The van der Waals surface area contributed by atoms with E-state index in [0.717, 1.165) is 12.1 Å². The molecule has 0 unspecified atom stereocenters. The number of rotatable bonds is 4. The van der Waals surface area contributed by atoms with Crippen LogP contribution in [0.1, 0.15) is 12.5 Å². The van der Waals surface area contributed by atoms with Crippen molar-refractivity contribution in [2.75, 3.05) is 10.7 Å². The van der Waals surface area contributed by atoms with E-state index < -0.39 is 0 Å². The largest absolute Gasteiger partial charge is 0.339 e. The van der Waals surface area contributed by atoms with E-state index in [9.17, 15) is 0 Å². The van der Waals surface area contributed by atoms with Crippen molar-refractivity contribution in [1.82, 2.24) is 9.97 Å². The van der Waals surface area contributed by atoms with Crippen LogP contribution in [-0.4, -0.2) is 9.97 Å². The van der Waals surface area contributed by atoms with E-state index in [1.54, 1.807) is 0 Å². The highest BCUT2D eigenvalue weighted by molar-refractivity contribution is 6.32. The van der Waals surface area contributed by atoms with Gasteiger partial charge in [0.1, 0.15) is 5.02 Å². The van der Waals surface area contributed by atoms with Crippen LogP contribution < -0.4 is 16.6 Å². The molecule has 4 N–H and O–H groups in total. The Labute approximate surface area is 110 Å². The first-order valence-corrected chi connectivity index (χ1v) is 5.96. The number of hydrogen-bond donors (Lipinski definition) is 3. The number of nitrogens with zero attached hydrogens (tertiary/aromatic N) is 2. The molecule has 2 aromatic rings. The fourth-order valence-corrected chi connectivity index (χ4v) is 1.62. The highest BCUT2D eigenvalue weighted by Crippen LogP contribution is 2.23. The first kappa shape index (κ1) is 12.6. The van der Waals surface area contributed by atoms with Crippen molar-refractivity contribution < 1.29 is 0 Å². The standard InChI is InChI=1S/C12H14ClN5/c1-2-8-3-5-9(6-4-8)16-11-10(13)7-15-12(17-11)18-14/h3-7H,2,14H2,1H3,(H2,15,16,17,18). The number of halogens is 1. The van der Waals surface area contributed by atoms with Gasteiger partial charge in [-0.15, -0.1) is 0 Å². The Bertz CT molecular complexity index is 526. The molecule has 0 bridgehead atoms. The Balaban J connectivity index is 2.21. The molecule has 0 aliphatic rings. The molecular weight excluding hydrogens is 250 g/mol. The van der Waals surface area contributed by atoms with Gasteiger partial charge < -0.3 is 5.32 Å². The fraction of sp³-hybridized carbons (Fsp3) is 0.167. The van der Waals surface area contributed by atoms with E-state index in [2.05, 4.69) is 39.8 Å². The molecule has 1 aromatic heterocycles. The van der Waals surface area contributed by atoms with E-state index in [4.69, 9.17) is 17.4 Å². The Morgan fingerprint density at radius 3 is 2.61 bits per heavy atom. The minimum Gasteiger partial charge on any atom is -0.339 e. The van der Waals surface area contributed by atoms with Crippen molar-refractivity contribution >= 4 is 29.1 Å². The topological polar surface area (TPSA) is 75.9 Å². The van der Waals surface area contributed by atoms with Gasteiger partial charge in [-0.3, -0.25) is 5.43 Å². The molecular formula is C12H14ClN5. The highest BCUT2D eigenvalue weighted by Gasteiger charge is 2.05. The second kappa shape index (κ2) is 5.66. The zero-order chi connectivity index (χ0) is 13.0. The second-order valence-electron chi connectivity index (χ2n) is 3.71. The molecule has 1 heterocycles. The molecule has 0 radical (unpaired) electrons. The summed E-state index contributed by atoms with van der Waals surface area (Å²) in [5.74, 6) is 6.08. The predicted molar refractivity (Wildman–Crippen MR) is 74.0 cm³/mol. The zero-order valence-corrected chi connectivity index (χ0v) is 10.7. The number of benzene rings is 1. The molecule has 0 amide bonds. The van der Waals surface area contributed by atoms with Crippen molar-refractivity contribution in [1.29, 1.82) is 0 Å². The highest BCUT2D eigenvalue weighted by atomic mass is 35.5. The van der Waals surface area contributed by atoms with Crippen LogP contribution in [0.15, 0.2) is 30.5 Å². The van der Waals surface area contributed by atoms with Crippen LogP contribution in [0, 0.1) is 0 Å². The van der Waals surface area contributed by atoms with E-state index in [-0.39, 0.29) is 0 Å². The number of aromatic nitrogens is 2. The molecule has 0 aliphatic carbocycles. The van der Waals surface area contributed by atoms with E-state index in [1.165, 1.54) is 11.8 Å². The lowest BCUT2D eigenvalue weighted by Crippen LogP contribution is -2.11. The second-order valence-corrected chi connectivity index (χ2v) is 4.12. The number of hydrazine groups is 1. The molecule has 5 nitrogen and oxygen atoms in total. The SMILES string of the molecule is CCc1ccc(Nc2nc(NN)ncc2Cl)cc1. The number of nitrogens with one attached hydrogen (secondary N) is 2. The van der Waals surface area contributed by atoms with Gasteiger partial charge in [0.05, 0.1) is 6.20 Å². The van der Waals surface area contributed by atoms with Crippen LogP contribution >= 0.6 is 11.6 Å². The fourth-order valence-electron chi connectivity index (χ4n) is 1.48. The van der Waals surface area contributed by atoms with Crippen LogP contribution in [0.4, 0.5) is 17.5 Å². The van der Waals surface area contributed by atoms with Crippen molar-refractivity contribution in [2.45, 2.75) is 13.3 Å². The van der Waals surface area contributed by atoms with Gasteiger partial charge in [-0.2, -0.15) is 4.98 Å². The van der Waals surface area contributed by atoms with Crippen LogP contribution in [-0.2, 0) is 6.42 Å². The van der Waals surface area contributed by atoms with Crippen molar-refractivity contribution in [3.05, 3.63) is 41.0 Å². The molecule has 18 heavy (non-hydrogen) atoms. The lowest BCUT2D eigenvalue weighted by Gasteiger charge is -2.09. The van der Waals surface area contributed by atoms with Gasteiger partial charge in [-0.05, 0) is 24.1 Å². The summed E-state index contributed by atoms with van der Waals surface area (Å²) in [5.41, 5.74) is 4.57. The third-order valence-corrected chi connectivity index (χ3v) is 2.77. The Hall–Kier alpha value is -1.85. The summed E-state index contributed by atoms with van der Waals surface area (Å²) in [6.45, 7) is 2.11. The van der Waals surface area contributed by atoms with E-state index in [0.29, 0.717) is 16.8 Å². The molecule has 0 aliphatic heterocycles. The van der Waals surface area contributed by atoms with Gasteiger partial charge in [0, 0.05) is 5.69 Å². The molecule has 6 heteroatoms. The number of anilines is 3. The number of hydrogen-bond acceptors (Lipinski definition) is 5. The van der Waals surface area contributed by atoms with Crippen LogP contribution in [0.2, 0.25) is 5.02 Å². The van der Waals surface area contributed by atoms with Crippen LogP contribution in [0.25, 0.3) is 0 Å². The Morgan fingerprint density at radius 1 is 1.28 bits per heavy atom. The first-order valence-electron chi connectivity index (χ1n) is 5.58. The summed E-state index contributed by atoms with van der Waals surface area (Å²) in [4.78, 5) is 8.05. The van der Waals surface area contributed by atoms with Crippen LogP contribution in [0.5, 0.6) is 0 Å². The maximum absolute atomic E-state index is 6.01. The molecule has 0 saturated heterocycles. The minimum atomic E-state index is 0.312. The third kappa shape index (κ3) is 2.88. The molecule has 0 spiro atoms. The summed E-state index contributed by atoms with van der Waals surface area (Å²) in [6.07, 6.45) is 2.50. The minimum absolute atomic E-state index is 0.312. The normalized spacial score (nSPS) is 10.2. The molecule has 94 valence electrons. The van der Waals surface area contributed by atoms with Gasteiger partial charge in [0.25, 0.3) is 0 Å². The van der Waals surface area contributed by atoms with Crippen LogP contribution in [0.3, 0.4) is 0 Å². The smallest absolute Gasteiger partial charge is 0.239 e. The lowest BCUT2D eigenvalue weighted by atomic mass is 10.1. The van der Waals surface area contributed by atoms with E-state index >= 15 is 0 Å². The number of aryl methyl sites for hydroxylation is 1. The van der Waals surface area contributed by atoms with Crippen molar-refractivity contribution in [3.63, 3.8) is 0 Å². The van der Waals surface area contributed by atoms with E-state index in [1.807, 2.05) is 12.1 Å². The first-order chi connectivity index (χ1) is 8.72. The lowest BCUT2D eigenvalue weighted by molar-refractivity contribution is 1.12. The number of nitrogen functional groups attached to an aromatic ring is 1. The number of nitrogens with two attached hydrogens (primary N) is 1. The molecule has 2 rings (SSSR count). The average molecular weight is 264 g/mol. The van der Waals surface area contributed by atoms with Gasteiger partial charge >= 0.3 is 0 Å². The molecule has 1 aromatic carbocycles. The molecule has 0 fully saturated rings. The summed E-state index contributed by atoms with van der Waals surface area (Å²) >= 11 is 6.01. The average Bonchev–Trinajstić information content (AvgIpc) is 2.42. The maximum Gasteiger partial charge on any atom is 0.239 e.